The van der Waals surface area contributed by atoms with Crippen LogP contribution in [0.25, 0.3) is 0 Å². The molecule has 4 heteroatoms. The molecule has 2 nitrogen and oxygen atoms in total. The number of benzene rings is 1. The zero-order valence-electron chi connectivity index (χ0n) is 10.1. The molecule has 1 unspecified atom stereocenters. The lowest BCUT2D eigenvalue weighted by molar-refractivity contribution is 0.513. The second kappa shape index (κ2) is 6.03. The van der Waals surface area contributed by atoms with Crippen LogP contribution in [0.5, 0.6) is 0 Å². The van der Waals surface area contributed by atoms with E-state index in [1.807, 2.05) is 19.1 Å². The largest absolute Gasteiger partial charge is 0.453 e. The van der Waals surface area contributed by atoms with Gasteiger partial charge in [-0.15, -0.1) is 0 Å². The molecule has 1 heterocycles. The number of rotatable bonds is 5. The van der Waals surface area contributed by atoms with Crippen LogP contribution in [0.15, 0.2) is 41.0 Å². The highest BCUT2D eigenvalue weighted by Crippen LogP contribution is 2.27. The first kappa shape index (κ1) is 13.1. The maximum atomic E-state index is 13.6. The topological polar surface area (TPSA) is 25.2 Å². The third kappa shape index (κ3) is 2.92. The summed E-state index contributed by atoms with van der Waals surface area (Å²) in [6.45, 7) is 2.78. The summed E-state index contributed by atoms with van der Waals surface area (Å²) in [6, 6.07) is 8.54. The van der Waals surface area contributed by atoms with Crippen LogP contribution in [0.2, 0.25) is 5.22 Å². The molecule has 0 bridgehead atoms. The van der Waals surface area contributed by atoms with Gasteiger partial charge in [-0.25, -0.2) is 4.39 Å². The Balaban J connectivity index is 2.22. The van der Waals surface area contributed by atoms with Crippen molar-refractivity contribution in [3.05, 3.63) is 58.8 Å². The lowest BCUT2D eigenvalue weighted by Crippen LogP contribution is -2.23. The fourth-order valence-electron chi connectivity index (χ4n) is 1.98. The van der Waals surface area contributed by atoms with E-state index in [2.05, 4.69) is 5.32 Å². The van der Waals surface area contributed by atoms with Crippen LogP contribution >= 0.6 is 11.6 Å². The molecule has 1 aromatic heterocycles. The van der Waals surface area contributed by atoms with Gasteiger partial charge in [-0.1, -0.05) is 25.1 Å². The summed E-state index contributed by atoms with van der Waals surface area (Å²) in [5.41, 5.74) is 1.53. The molecule has 0 aliphatic carbocycles. The third-order valence-electron chi connectivity index (χ3n) is 2.85. The molecule has 96 valence electrons. The number of halogens is 2. The lowest BCUT2D eigenvalue weighted by Gasteiger charge is -2.17. The smallest absolute Gasteiger partial charge is 0.197 e. The van der Waals surface area contributed by atoms with Crippen molar-refractivity contribution in [2.45, 2.75) is 19.4 Å². The van der Waals surface area contributed by atoms with Crippen LogP contribution in [-0.4, -0.2) is 6.54 Å². The lowest BCUT2D eigenvalue weighted by atomic mass is 10.0. The van der Waals surface area contributed by atoms with Crippen LogP contribution in [-0.2, 0) is 6.42 Å². The highest BCUT2D eigenvalue weighted by atomic mass is 35.5. The molecule has 0 fully saturated rings. The Bertz CT molecular complexity index is 512. The van der Waals surface area contributed by atoms with Gasteiger partial charge in [-0.05, 0) is 42.3 Å². The minimum Gasteiger partial charge on any atom is -0.453 e. The molecule has 18 heavy (non-hydrogen) atoms. The number of furan rings is 1. The summed E-state index contributed by atoms with van der Waals surface area (Å²) in [7, 11) is 0. The van der Waals surface area contributed by atoms with E-state index in [1.54, 1.807) is 18.4 Å². The Morgan fingerprint density at radius 1 is 1.33 bits per heavy atom. The quantitative estimate of drug-likeness (QED) is 0.887. The minimum atomic E-state index is -0.194. The molecule has 0 spiro atoms. The van der Waals surface area contributed by atoms with Gasteiger partial charge in [0, 0.05) is 11.6 Å². The van der Waals surface area contributed by atoms with Gasteiger partial charge in [0.2, 0.25) is 0 Å². The standard InChI is InChI=1S/C14H15ClFNO/c1-2-17-13(11-7-8-18-14(11)15)9-10-5-3-4-6-12(10)16/h3-8,13,17H,2,9H2,1H3. The van der Waals surface area contributed by atoms with E-state index in [1.165, 1.54) is 6.07 Å². The molecule has 1 aromatic carbocycles. The van der Waals surface area contributed by atoms with Gasteiger partial charge in [-0.2, -0.15) is 0 Å². The summed E-state index contributed by atoms with van der Waals surface area (Å²) in [4.78, 5) is 0. The van der Waals surface area contributed by atoms with E-state index in [9.17, 15) is 4.39 Å². The second-order valence-corrected chi connectivity index (χ2v) is 4.40. The molecular formula is C14H15ClFNO. The van der Waals surface area contributed by atoms with Crippen LogP contribution in [0.3, 0.4) is 0 Å². The Morgan fingerprint density at radius 2 is 2.11 bits per heavy atom. The molecule has 0 aliphatic rings. The fourth-order valence-corrected chi connectivity index (χ4v) is 2.22. The highest BCUT2D eigenvalue weighted by molar-refractivity contribution is 6.29. The first-order chi connectivity index (χ1) is 8.72. The second-order valence-electron chi connectivity index (χ2n) is 4.06. The van der Waals surface area contributed by atoms with E-state index < -0.39 is 0 Å². The Hall–Kier alpha value is -1.32. The van der Waals surface area contributed by atoms with E-state index in [0.29, 0.717) is 17.2 Å². The SMILES string of the molecule is CCNC(Cc1ccccc1F)c1ccoc1Cl. The van der Waals surface area contributed by atoms with Gasteiger partial charge in [-0.3, -0.25) is 0 Å². The van der Waals surface area contributed by atoms with Crippen LogP contribution in [0.4, 0.5) is 4.39 Å². The highest BCUT2D eigenvalue weighted by Gasteiger charge is 2.17. The molecule has 1 atom stereocenters. The third-order valence-corrected chi connectivity index (χ3v) is 3.16. The Labute approximate surface area is 111 Å². The van der Waals surface area contributed by atoms with Crippen molar-refractivity contribution in [2.75, 3.05) is 6.54 Å². The van der Waals surface area contributed by atoms with E-state index in [-0.39, 0.29) is 11.9 Å². The number of nitrogens with one attached hydrogen (secondary N) is 1. The Morgan fingerprint density at radius 3 is 2.72 bits per heavy atom. The maximum Gasteiger partial charge on any atom is 0.197 e. The average Bonchev–Trinajstić information content (AvgIpc) is 2.78. The van der Waals surface area contributed by atoms with Crippen LogP contribution < -0.4 is 5.32 Å². The van der Waals surface area contributed by atoms with Crippen molar-refractivity contribution >= 4 is 11.6 Å². The van der Waals surface area contributed by atoms with Crippen molar-refractivity contribution in [3.63, 3.8) is 0 Å². The molecule has 0 aliphatic heterocycles. The van der Waals surface area contributed by atoms with Gasteiger partial charge in [0.15, 0.2) is 5.22 Å². The summed E-state index contributed by atoms with van der Waals surface area (Å²) in [6.07, 6.45) is 2.09. The van der Waals surface area contributed by atoms with Crippen molar-refractivity contribution in [3.8, 4) is 0 Å². The number of hydrogen-bond donors (Lipinski definition) is 1. The van der Waals surface area contributed by atoms with Crippen LogP contribution in [0.1, 0.15) is 24.1 Å². The number of hydrogen-bond acceptors (Lipinski definition) is 2. The zero-order valence-corrected chi connectivity index (χ0v) is 10.9. The molecule has 2 aromatic rings. The Kier molecular flexibility index (Phi) is 4.39. The van der Waals surface area contributed by atoms with Crippen LogP contribution in [0, 0.1) is 5.82 Å². The van der Waals surface area contributed by atoms with Gasteiger partial charge in [0.05, 0.1) is 6.26 Å². The molecule has 0 saturated carbocycles. The molecule has 2 rings (SSSR count). The average molecular weight is 268 g/mol. The van der Waals surface area contributed by atoms with Gasteiger partial charge in [0.25, 0.3) is 0 Å². The maximum absolute atomic E-state index is 13.6. The zero-order chi connectivity index (χ0) is 13.0. The summed E-state index contributed by atoms with van der Waals surface area (Å²) in [5, 5.41) is 3.65. The van der Waals surface area contributed by atoms with E-state index in [4.69, 9.17) is 16.0 Å². The summed E-state index contributed by atoms with van der Waals surface area (Å²) in [5.74, 6) is -0.194. The first-order valence-corrected chi connectivity index (χ1v) is 6.29. The molecule has 1 N–H and O–H groups in total. The molecular weight excluding hydrogens is 253 g/mol. The normalized spacial score (nSPS) is 12.6. The van der Waals surface area contributed by atoms with Crippen molar-refractivity contribution in [1.29, 1.82) is 0 Å². The summed E-state index contributed by atoms with van der Waals surface area (Å²) >= 11 is 5.98. The minimum absolute atomic E-state index is 0.0434. The van der Waals surface area contributed by atoms with Crippen molar-refractivity contribution in [2.24, 2.45) is 0 Å². The molecule has 0 saturated heterocycles. The molecule has 0 amide bonds. The van der Waals surface area contributed by atoms with E-state index in [0.717, 1.165) is 12.1 Å². The predicted molar refractivity (Wildman–Crippen MR) is 70.2 cm³/mol. The fraction of sp³-hybridized carbons (Fsp3) is 0.286. The molecule has 0 radical (unpaired) electrons. The number of likely N-dealkylation sites (N-methyl/N-ethyl adjacent to an activating group) is 1. The van der Waals surface area contributed by atoms with Gasteiger partial charge in [0.1, 0.15) is 5.82 Å². The van der Waals surface area contributed by atoms with Crippen molar-refractivity contribution < 1.29 is 8.81 Å². The van der Waals surface area contributed by atoms with Gasteiger partial charge >= 0.3 is 0 Å². The monoisotopic (exact) mass is 267 g/mol. The van der Waals surface area contributed by atoms with Gasteiger partial charge < -0.3 is 9.73 Å². The summed E-state index contributed by atoms with van der Waals surface area (Å²) < 4.78 is 18.7. The predicted octanol–water partition coefficient (Wildman–Crippen LogP) is 3.97. The van der Waals surface area contributed by atoms with E-state index >= 15 is 0 Å². The first-order valence-electron chi connectivity index (χ1n) is 5.92. The van der Waals surface area contributed by atoms with Crippen molar-refractivity contribution in [1.82, 2.24) is 5.32 Å².